The second-order valence-electron chi connectivity index (χ2n) is 3.06. The number of nitrogens with one attached hydrogen (secondary N) is 1. The molecule has 0 aliphatic carbocycles. The summed E-state index contributed by atoms with van der Waals surface area (Å²) in [5.74, 6) is -0.372. The molecule has 0 fully saturated rings. The zero-order valence-electron chi connectivity index (χ0n) is 8.45. The predicted molar refractivity (Wildman–Crippen MR) is 54.6 cm³/mol. The fourth-order valence-electron chi connectivity index (χ4n) is 1.03. The first-order valence-electron chi connectivity index (χ1n) is 4.19. The van der Waals surface area contributed by atoms with Crippen LogP contribution in [0.2, 0.25) is 0 Å². The molecule has 0 aromatic heterocycles. The van der Waals surface area contributed by atoms with E-state index >= 15 is 0 Å². The highest BCUT2D eigenvalue weighted by atomic mass is 32.2. The van der Waals surface area contributed by atoms with Gasteiger partial charge in [-0.3, -0.25) is 0 Å². The molecular formula is C9H12FNO3S. The molecule has 15 heavy (non-hydrogen) atoms. The molecule has 1 N–H and O–H groups in total. The van der Waals surface area contributed by atoms with Crippen LogP contribution in [-0.2, 0) is 16.6 Å². The summed E-state index contributed by atoms with van der Waals surface area (Å²) in [5, 5.41) is 0. The number of rotatable bonds is 4. The summed E-state index contributed by atoms with van der Waals surface area (Å²) in [6, 6.07) is 4.28. The Morgan fingerprint density at radius 1 is 1.47 bits per heavy atom. The minimum Gasteiger partial charge on any atom is -0.494 e. The molecule has 4 nitrogen and oxygen atoms in total. The van der Waals surface area contributed by atoms with Crippen LogP contribution in [0.15, 0.2) is 18.2 Å². The van der Waals surface area contributed by atoms with Gasteiger partial charge in [0.15, 0.2) is 11.6 Å². The maximum absolute atomic E-state index is 13.2. The van der Waals surface area contributed by atoms with Crippen LogP contribution in [0.4, 0.5) is 4.39 Å². The van der Waals surface area contributed by atoms with Crippen LogP contribution in [0, 0.1) is 5.82 Å². The van der Waals surface area contributed by atoms with Crippen LogP contribution in [0.3, 0.4) is 0 Å². The van der Waals surface area contributed by atoms with Gasteiger partial charge in [-0.2, -0.15) is 0 Å². The van der Waals surface area contributed by atoms with E-state index in [9.17, 15) is 12.8 Å². The van der Waals surface area contributed by atoms with Crippen molar-refractivity contribution in [3.05, 3.63) is 29.6 Å². The molecule has 1 rings (SSSR count). The number of sulfonamides is 1. The van der Waals surface area contributed by atoms with E-state index in [1.807, 2.05) is 0 Å². The summed E-state index contributed by atoms with van der Waals surface area (Å²) in [5.41, 5.74) is 0.540. The lowest BCUT2D eigenvalue weighted by molar-refractivity contribution is 0.386. The zero-order valence-corrected chi connectivity index (χ0v) is 9.27. The highest BCUT2D eigenvalue weighted by Gasteiger charge is 2.05. The molecule has 1 aromatic rings. The van der Waals surface area contributed by atoms with Crippen LogP contribution in [0.5, 0.6) is 5.75 Å². The van der Waals surface area contributed by atoms with Crippen LogP contribution in [0.25, 0.3) is 0 Å². The average Bonchev–Trinajstić information content (AvgIpc) is 2.14. The maximum atomic E-state index is 13.2. The van der Waals surface area contributed by atoms with Crippen molar-refractivity contribution >= 4 is 10.0 Å². The lowest BCUT2D eigenvalue weighted by atomic mass is 10.2. The summed E-state index contributed by atoms with van der Waals surface area (Å²) >= 11 is 0. The van der Waals surface area contributed by atoms with Gasteiger partial charge in [-0.1, -0.05) is 6.07 Å². The van der Waals surface area contributed by atoms with Gasteiger partial charge in [0, 0.05) is 6.54 Å². The maximum Gasteiger partial charge on any atom is 0.209 e. The second kappa shape index (κ2) is 4.59. The molecule has 0 spiro atoms. The average molecular weight is 233 g/mol. The molecule has 0 atom stereocenters. The standard InChI is InChI=1S/C9H12FNO3S/c1-14-9-4-3-7(5-8(9)10)6-11-15(2,12)13/h3-5,11H,6H2,1-2H3. The van der Waals surface area contributed by atoms with Crippen LogP contribution in [-0.4, -0.2) is 21.8 Å². The second-order valence-corrected chi connectivity index (χ2v) is 4.90. The number of halogens is 1. The third-order valence-corrected chi connectivity index (χ3v) is 2.42. The highest BCUT2D eigenvalue weighted by Crippen LogP contribution is 2.17. The number of hydrogen-bond donors (Lipinski definition) is 1. The van der Waals surface area contributed by atoms with E-state index in [4.69, 9.17) is 4.74 Å². The molecule has 84 valence electrons. The first-order chi connectivity index (χ1) is 6.92. The fraction of sp³-hybridized carbons (Fsp3) is 0.333. The van der Waals surface area contributed by atoms with Crippen molar-refractivity contribution in [2.24, 2.45) is 0 Å². The Hall–Kier alpha value is -1.14. The first-order valence-corrected chi connectivity index (χ1v) is 6.08. The van der Waals surface area contributed by atoms with Crippen molar-refractivity contribution in [3.63, 3.8) is 0 Å². The van der Waals surface area contributed by atoms with Gasteiger partial charge in [0.1, 0.15) is 0 Å². The SMILES string of the molecule is COc1ccc(CNS(C)(=O)=O)cc1F. The molecule has 0 aliphatic heterocycles. The Labute approximate surface area is 88.1 Å². The van der Waals surface area contributed by atoms with Gasteiger partial charge in [0.2, 0.25) is 10.0 Å². The van der Waals surface area contributed by atoms with E-state index in [2.05, 4.69) is 4.72 Å². The number of hydrogen-bond acceptors (Lipinski definition) is 3. The van der Waals surface area contributed by atoms with Crippen molar-refractivity contribution in [3.8, 4) is 5.75 Å². The Morgan fingerprint density at radius 3 is 2.60 bits per heavy atom. The van der Waals surface area contributed by atoms with Crippen molar-refractivity contribution in [2.75, 3.05) is 13.4 Å². The number of methoxy groups -OCH3 is 1. The Balaban J connectivity index is 2.76. The van der Waals surface area contributed by atoms with E-state index < -0.39 is 15.8 Å². The van der Waals surface area contributed by atoms with Gasteiger partial charge in [-0.05, 0) is 17.7 Å². The van der Waals surface area contributed by atoms with Crippen LogP contribution < -0.4 is 9.46 Å². The van der Waals surface area contributed by atoms with Gasteiger partial charge < -0.3 is 4.74 Å². The quantitative estimate of drug-likeness (QED) is 0.840. The summed E-state index contributed by atoms with van der Waals surface area (Å²) in [6.45, 7) is 0.0692. The van der Waals surface area contributed by atoms with Crippen molar-refractivity contribution in [1.29, 1.82) is 0 Å². The fourth-order valence-corrected chi connectivity index (χ4v) is 1.46. The number of benzene rings is 1. The lowest BCUT2D eigenvalue weighted by Crippen LogP contribution is -2.21. The van der Waals surface area contributed by atoms with E-state index in [1.165, 1.54) is 19.2 Å². The molecule has 0 aliphatic rings. The smallest absolute Gasteiger partial charge is 0.209 e. The summed E-state index contributed by atoms with van der Waals surface area (Å²) in [4.78, 5) is 0. The first kappa shape index (κ1) is 11.9. The van der Waals surface area contributed by atoms with E-state index in [1.54, 1.807) is 6.07 Å². The molecule has 0 saturated heterocycles. The molecule has 0 radical (unpaired) electrons. The van der Waals surface area contributed by atoms with Gasteiger partial charge >= 0.3 is 0 Å². The summed E-state index contributed by atoms with van der Waals surface area (Å²) in [7, 11) is -1.89. The minimum atomic E-state index is -3.25. The van der Waals surface area contributed by atoms with Crippen LogP contribution >= 0.6 is 0 Å². The Morgan fingerprint density at radius 2 is 2.13 bits per heavy atom. The Bertz CT molecular complexity index is 445. The molecule has 0 unspecified atom stereocenters. The lowest BCUT2D eigenvalue weighted by Gasteiger charge is -2.05. The highest BCUT2D eigenvalue weighted by molar-refractivity contribution is 7.88. The zero-order chi connectivity index (χ0) is 11.5. The normalized spacial score (nSPS) is 11.4. The van der Waals surface area contributed by atoms with E-state index in [0.29, 0.717) is 5.56 Å². The third-order valence-electron chi connectivity index (χ3n) is 1.75. The molecule has 0 amide bonds. The van der Waals surface area contributed by atoms with Crippen molar-refractivity contribution in [2.45, 2.75) is 6.54 Å². The predicted octanol–water partition coefficient (Wildman–Crippen LogP) is 0.883. The summed E-state index contributed by atoms with van der Waals surface area (Å²) in [6.07, 6.45) is 1.05. The molecule has 6 heteroatoms. The monoisotopic (exact) mass is 233 g/mol. The third kappa shape index (κ3) is 3.85. The molecule has 1 aromatic carbocycles. The number of ether oxygens (including phenoxy) is 1. The van der Waals surface area contributed by atoms with Crippen molar-refractivity contribution < 1.29 is 17.5 Å². The van der Waals surface area contributed by atoms with Gasteiger partial charge in [-0.25, -0.2) is 17.5 Å². The van der Waals surface area contributed by atoms with Gasteiger partial charge in [0.05, 0.1) is 13.4 Å². The van der Waals surface area contributed by atoms with Crippen molar-refractivity contribution in [1.82, 2.24) is 4.72 Å². The van der Waals surface area contributed by atoms with E-state index in [-0.39, 0.29) is 12.3 Å². The topological polar surface area (TPSA) is 55.4 Å². The Kier molecular flexibility index (Phi) is 3.65. The van der Waals surface area contributed by atoms with Gasteiger partial charge in [-0.15, -0.1) is 0 Å². The molecule has 0 saturated carbocycles. The largest absolute Gasteiger partial charge is 0.494 e. The van der Waals surface area contributed by atoms with E-state index in [0.717, 1.165) is 6.26 Å². The molecule has 0 heterocycles. The van der Waals surface area contributed by atoms with Gasteiger partial charge in [0.25, 0.3) is 0 Å². The molecule has 0 bridgehead atoms. The summed E-state index contributed by atoms with van der Waals surface area (Å²) < 4.78 is 41.7. The molecular weight excluding hydrogens is 221 g/mol. The van der Waals surface area contributed by atoms with Crippen LogP contribution in [0.1, 0.15) is 5.56 Å². The minimum absolute atomic E-state index is 0.0692.